The van der Waals surface area contributed by atoms with Crippen LogP contribution in [0.25, 0.3) is 0 Å². The number of benzene rings is 1. The Morgan fingerprint density at radius 3 is 2.79 bits per heavy atom. The first-order valence-corrected chi connectivity index (χ1v) is 5.38. The molecule has 1 atom stereocenters. The number of hydrogen-bond acceptors (Lipinski definition) is 1. The van der Waals surface area contributed by atoms with E-state index in [0.717, 1.165) is 17.5 Å². The fraction of sp³-hybridized carbons (Fsp3) is 0.364. The molecule has 0 aliphatic heterocycles. The van der Waals surface area contributed by atoms with Crippen LogP contribution in [0.5, 0.6) is 0 Å². The van der Waals surface area contributed by atoms with Gasteiger partial charge in [0.2, 0.25) is 0 Å². The van der Waals surface area contributed by atoms with Gasteiger partial charge in [-0.05, 0) is 30.0 Å². The van der Waals surface area contributed by atoms with E-state index in [2.05, 4.69) is 6.92 Å². The van der Waals surface area contributed by atoms with Crippen molar-refractivity contribution in [1.82, 2.24) is 0 Å². The Kier molecular flexibility index (Phi) is 2.54. The highest BCUT2D eigenvalue weighted by atomic mass is 35.5. The number of rotatable bonds is 0. The highest BCUT2D eigenvalue weighted by molar-refractivity contribution is 6.42. The molecule has 1 aliphatic rings. The van der Waals surface area contributed by atoms with Crippen LogP contribution in [0.3, 0.4) is 0 Å². The lowest BCUT2D eigenvalue weighted by Gasteiger charge is -2.22. The number of carbonyl (C=O) groups excluding carboxylic acids is 1. The monoisotopic (exact) mass is 228 g/mol. The van der Waals surface area contributed by atoms with Gasteiger partial charge in [0.1, 0.15) is 0 Å². The van der Waals surface area contributed by atoms with E-state index < -0.39 is 0 Å². The topological polar surface area (TPSA) is 17.1 Å². The van der Waals surface area contributed by atoms with Crippen molar-refractivity contribution in [2.45, 2.75) is 25.7 Å². The van der Waals surface area contributed by atoms with E-state index in [1.165, 1.54) is 0 Å². The van der Waals surface area contributed by atoms with Gasteiger partial charge in [-0.3, -0.25) is 4.79 Å². The van der Waals surface area contributed by atoms with E-state index in [1.54, 1.807) is 12.1 Å². The molecule has 0 radical (unpaired) electrons. The zero-order valence-electron chi connectivity index (χ0n) is 7.81. The second-order valence-electron chi connectivity index (χ2n) is 3.69. The van der Waals surface area contributed by atoms with Crippen LogP contribution in [0, 0.1) is 0 Å². The van der Waals surface area contributed by atoms with Crippen LogP contribution in [0.4, 0.5) is 0 Å². The van der Waals surface area contributed by atoms with Gasteiger partial charge >= 0.3 is 0 Å². The summed E-state index contributed by atoms with van der Waals surface area (Å²) in [6.45, 7) is 2.08. The maximum atomic E-state index is 11.6. The van der Waals surface area contributed by atoms with Crippen LogP contribution in [-0.2, 0) is 0 Å². The van der Waals surface area contributed by atoms with Crippen molar-refractivity contribution in [3.63, 3.8) is 0 Å². The zero-order chi connectivity index (χ0) is 10.3. The number of ketones is 1. The fourth-order valence-corrected chi connectivity index (χ4v) is 2.43. The first-order valence-electron chi connectivity index (χ1n) is 4.62. The summed E-state index contributed by atoms with van der Waals surface area (Å²) in [4.78, 5) is 11.6. The van der Waals surface area contributed by atoms with Crippen molar-refractivity contribution in [1.29, 1.82) is 0 Å². The Morgan fingerprint density at radius 2 is 2.07 bits per heavy atom. The number of Topliss-reactive ketones (excluding diaryl/α,β-unsaturated/α-hetero) is 1. The van der Waals surface area contributed by atoms with Crippen LogP contribution < -0.4 is 0 Å². The van der Waals surface area contributed by atoms with Gasteiger partial charge in [0.15, 0.2) is 5.78 Å². The van der Waals surface area contributed by atoms with Crippen LogP contribution in [-0.4, -0.2) is 5.78 Å². The molecule has 2 rings (SSSR count). The van der Waals surface area contributed by atoms with Crippen molar-refractivity contribution >= 4 is 29.0 Å². The molecule has 1 aromatic carbocycles. The standard InChI is InChI=1S/C11H10Cl2O/c1-6-2-5-9(14)7-3-4-8(12)11(13)10(6)7/h3-4,6H,2,5H2,1H3. The summed E-state index contributed by atoms with van der Waals surface area (Å²) in [5.41, 5.74) is 1.67. The number of halogens is 2. The van der Waals surface area contributed by atoms with Crippen molar-refractivity contribution < 1.29 is 4.79 Å². The molecule has 0 fully saturated rings. The predicted octanol–water partition coefficient (Wildman–Crippen LogP) is 4.07. The molecule has 3 heteroatoms. The number of fused-ring (bicyclic) bond motifs is 1. The Bertz CT molecular complexity index is 399. The highest BCUT2D eigenvalue weighted by Gasteiger charge is 2.25. The summed E-state index contributed by atoms with van der Waals surface area (Å²) >= 11 is 12.0. The quantitative estimate of drug-likeness (QED) is 0.655. The van der Waals surface area contributed by atoms with Crippen molar-refractivity contribution in [3.8, 4) is 0 Å². The summed E-state index contributed by atoms with van der Waals surface area (Å²) in [6.07, 6.45) is 1.48. The molecule has 14 heavy (non-hydrogen) atoms. The normalized spacial score (nSPS) is 20.8. The van der Waals surface area contributed by atoms with Crippen molar-refractivity contribution in [2.75, 3.05) is 0 Å². The minimum atomic E-state index is 0.177. The third kappa shape index (κ3) is 1.45. The van der Waals surface area contributed by atoms with Gasteiger partial charge in [-0.15, -0.1) is 0 Å². The maximum absolute atomic E-state index is 11.6. The van der Waals surface area contributed by atoms with E-state index in [9.17, 15) is 4.79 Å². The average Bonchev–Trinajstić information content (AvgIpc) is 2.16. The molecule has 0 bridgehead atoms. The molecule has 1 nitrogen and oxygen atoms in total. The zero-order valence-corrected chi connectivity index (χ0v) is 9.32. The summed E-state index contributed by atoms with van der Waals surface area (Å²) in [7, 11) is 0. The molecule has 1 aromatic rings. The third-order valence-corrected chi connectivity index (χ3v) is 3.55. The summed E-state index contributed by atoms with van der Waals surface area (Å²) < 4.78 is 0. The van der Waals surface area contributed by atoms with Gasteiger partial charge in [-0.1, -0.05) is 30.1 Å². The molecular weight excluding hydrogens is 219 g/mol. The molecule has 74 valence electrons. The molecule has 0 saturated carbocycles. The van der Waals surface area contributed by atoms with E-state index in [4.69, 9.17) is 23.2 Å². The van der Waals surface area contributed by atoms with Gasteiger partial charge < -0.3 is 0 Å². The number of hydrogen-bond donors (Lipinski definition) is 0. The van der Waals surface area contributed by atoms with Gasteiger partial charge in [0.25, 0.3) is 0 Å². The maximum Gasteiger partial charge on any atom is 0.163 e. The summed E-state index contributed by atoms with van der Waals surface area (Å²) in [6, 6.07) is 3.47. The highest BCUT2D eigenvalue weighted by Crippen LogP contribution is 2.39. The minimum absolute atomic E-state index is 0.177. The van der Waals surface area contributed by atoms with Crippen molar-refractivity contribution in [2.24, 2.45) is 0 Å². The SMILES string of the molecule is CC1CCC(=O)c2ccc(Cl)c(Cl)c21. The number of carbonyl (C=O) groups is 1. The van der Waals surface area contributed by atoms with Crippen LogP contribution in [0.2, 0.25) is 10.0 Å². The van der Waals surface area contributed by atoms with E-state index in [0.29, 0.717) is 22.4 Å². The fourth-order valence-electron chi connectivity index (χ4n) is 1.92. The lowest BCUT2D eigenvalue weighted by molar-refractivity contribution is 0.0968. The van der Waals surface area contributed by atoms with Gasteiger partial charge in [-0.25, -0.2) is 0 Å². The smallest absolute Gasteiger partial charge is 0.163 e. The molecule has 0 saturated heterocycles. The molecule has 0 spiro atoms. The minimum Gasteiger partial charge on any atom is -0.294 e. The summed E-state index contributed by atoms with van der Waals surface area (Å²) in [5, 5.41) is 1.08. The molecular formula is C11H10Cl2O. The van der Waals surface area contributed by atoms with Crippen LogP contribution in [0.15, 0.2) is 12.1 Å². The Labute approximate surface area is 93.0 Å². The summed E-state index contributed by atoms with van der Waals surface area (Å²) in [5.74, 6) is 0.505. The average molecular weight is 229 g/mol. The van der Waals surface area contributed by atoms with Gasteiger partial charge in [0.05, 0.1) is 10.0 Å². The van der Waals surface area contributed by atoms with Crippen LogP contribution >= 0.6 is 23.2 Å². The molecule has 0 N–H and O–H groups in total. The predicted molar refractivity (Wildman–Crippen MR) is 58.4 cm³/mol. The van der Waals surface area contributed by atoms with Gasteiger partial charge in [-0.2, -0.15) is 0 Å². The lowest BCUT2D eigenvalue weighted by Crippen LogP contribution is -2.14. The lowest BCUT2D eigenvalue weighted by atomic mass is 9.83. The third-order valence-electron chi connectivity index (χ3n) is 2.73. The molecule has 0 amide bonds. The second kappa shape index (κ2) is 3.56. The molecule has 1 aliphatic carbocycles. The van der Waals surface area contributed by atoms with Crippen molar-refractivity contribution in [3.05, 3.63) is 33.3 Å². The van der Waals surface area contributed by atoms with Gasteiger partial charge in [0, 0.05) is 12.0 Å². The second-order valence-corrected chi connectivity index (χ2v) is 4.47. The molecule has 0 aromatic heterocycles. The molecule has 1 unspecified atom stereocenters. The molecule has 0 heterocycles. The first-order chi connectivity index (χ1) is 6.61. The largest absolute Gasteiger partial charge is 0.294 e. The van der Waals surface area contributed by atoms with E-state index in [-0.39, 0.29) is 5.78 Å². The Hall–Kier alpha value is -0.530. The first kappa shape index (κ1) is 10.0. The van der Waals surface area contributed by atoms with Crippen LogP contribution in [0.1, 0.15) is 41.6 Å². The van der Waals surface area contributed by atoms with E-state index in [1.807, 2.05) is 0 Å². The Balaban J connectivity index is 2.67. The van der Waals surface area contributed by atoms with E-state index >= 15 is 0 Å². The Morgan fingerprint density at radius 1 is 1.36 bits per heavy atom.